The van der Waals surface area contributed by atoms with Gasteiger partial charge < -0.3 is 10.6 Å². The summed E-state index contributed by atoms with van der Waals surface area (Å²) >= 11 is 0. The zero-order valence-corrected chi connectivity index (χ0v) is 15.7. The fourth-order valence-electron chi connectivity index (χ4n) is 4.22. The van der Waals surface area contributed by atoms with Crippen LogP contribution >= 0.6 is 12.4 Å². The highest BCUT2D eigenvalue weighted by Crippen LogP contribution is 2.50. The van der Waals surface area contributed by atoms with Gasteiger partial charge in [-0.2, -0.15) is 0 Å². The van der Waals surface area contributed by atoms with Gasteiger partial charge in [0.2, 0.25) is 5.91 Å². The van der Waals surface area contributed by atoms with Gasteiger partial charge in [-0.25, -0.2) is 8.78 Å². The Morgan fingerprint density at radius 1 is 1.07 bits per heavy atom. The van der Waals surface area contributed by atoms with Crippen LogP contribution in [0.5, 0.6) is 0 Å². The molecule has 6 heteroatoms. The predicted octanol–water partition coefficient (Wildman–Crippen LogP) is 3.69. The van der Waals surface area contributed by atoms with E-state index in [0.717, 1.165) is 6.07 Å². The fourth-order valence-corrected chi connectivity index (χ4v) is 4.22. The molecular formula is C21H23ClF2N2O. The van der Waals surface area contributed by atoms with Crippen LogP contribution in [0.25, 0.3) is 0 Å². The Labute approximate surface area is 164 Å². The number of rotatable bonds is 4. The third-order valence-electron chi connectivity index (χ3n) is 5.75. The van der Waals surface area contributed by atoms with Gasteiger partial charge in [0.15, 0.2) is 0 Å². The van der Waals surface area contributed by atoms with Crippen LogP contribution in [-0.4, -0.2) is 30.4 Å². The molecule has 0 bridgehead atoms. The molecule has 27 heavy (non-hydrogen) atoms. The third-order valence-corrected chi connectivity index (χ3v) is 5.75. The van der Waals surface area contributed by atoms with Crippen LogP contribution in [-0.2, 0) is 4.79 Å². The first-order valence-corrected chi connectivity index (χ1v) is 9.07. The van der Waals surface area contributed by atoms with E-state index >= 15 is 0 Å². The van der Waals surface area contributed by atoms with Crippen molar-refractivity contribution in [2.75, 3.05) is 19.6 Å². The van der Waals surface area contributed by atoms with Crippen LogP contribution in [0.15, 0.2) is 48.5 Å². The third kappa shape index (κ3) is 3.85. The van der Waals surface area contributed by atoms with E-state index in [2.05, 4.69) is 12.1 Å². The quantitative estimate of drug-likeness (QED) is 0.862. The van der Waals surface area contributed by atoms with E-state index in [4.69, 9.17) is 5.73 Å². The van der Waals surface area contributed by atoms with Crippen molar-refractivity contribution < 1.29 is 13.6 Å². The molecule has 0 spiro atoms. The maximum absolute atomic E-state index is 14.0. The van der Waals surface area contributed by atoms with Crippen molar-refractivity contribution in [2.24, 2.45) is 17.6 Å². The van der Waals surface area contributed by atoms with Gasteiger partial charge in [0.1, 0.15) is 11.6 Å². The molecule has 4 atom stereocenters. The topological polar surface area (TPSA) is 46.3 Å². The lowest BCUT2D eigenvalue weighted by molar-refractivity contribution is -0.131. The zero-order valence-electron chi connectivity index (χ0n) is 14.9. The fraction of sp³-hybridized carbons (Fsp3) is 0.381. The van der Waals surface area contributed by atoms with E-state index in [1.807, 2.05) is 23.1 Å². The van der Waals surface area contributed by atoms with E-state index in [-0.39, 0.29) is 42.0 Å². The number of hydrogen-bond donors (Lipinski definition) is 1. The average molecular weight is 393 g/mol. The Balaban J connectivity index is 0.00000210. The molecule has 1 saturated carbocycles. The maximum atomic E-state index is 14.0. The molecule has 2 aliphatic rings. The number of carbonyl (C=O) groups is 1. The van der Waals surface area contributed by atoms with Gasteiger partial charge >= 0.3 is 0 Å². The first kappa shape index (κ1) is 19.8. The molecule has 1 saturated heterocycles. The Kier molecular flexibility index (Phi) is 5.82. The molecule has 1 aliphatic carbocycles. The van der Waals surface area contributed by atoms with Crippen molar-refractivity contribution in [3.05, 3.63) is 71.3 Å². The summed E-state index contributed by atoms with van der Waals surface area (Å²) in [5, 5.41) is 0. The summed E-state index contributed by atoms with van der Waals surface area (Å²) in [7, 11) is 0. The first-order valence-electron chi connectivity index (χ1n) is 9.07. The van der Waals surface area contributed by atoms with Gasteiger partial charge in [0.05, 0.1) is 0 Å². The van der Waals surface area contributed by atoms with Gasteiger partial charge in [0.25, 0.3) is 0 Å². The molecule has 4 rings (SSSR count). The summed E-state index contributed by atoms with van der Waals surface area (Å²) in [5.74, 6) is -0.959. The lowest BCUT2D eigenvalue weighted by atomic mass is 9.89. The zero-order chi connectivity index (χ0) is 18.3. The summed E-state index contributed by atoms with van der Waals surface area (Å²) in [6.45, 7) is 1.83. The summed E-state index contributed by atoms with van der Waals surface area (Å²) < 4.78 is 27.1. The monoisotopic (exact) mass is 392 g/mol. The normalized spacial score (nSPS) is 26.6. The molecule has 2 fully saturated rings. The molecule has 2 N–H and O–H groups in total. The van der Waals surface area contributed by atoms with Crippen LogP contribution in [0.2, 0.25) is 0 Å². The van der Waals surface area contributed by atoms with E-state index < -0.39 is 11.6 Å². The van der Waals surface area contributed by atoms with Crippen molar-refractivity contribution in [3.8, 4) is 0 Å². The molecule has 0 aromatic heterocycles. The second kappa shape index (κ2) is 7.95. The molecule has 2 aromatic carbocycles. The first-order chi connectivity index (χ1) is 12.6. The van der Waals surface area contributed by atoms with Crippen LogP contribution in [0.4, 0.5) is 8.78 Å². The number of nitrogens with zero attached hydrogens (tertiary/aromatic N) is 1. The van der Waals surface area contributed by atoms with E-state index in [1.54, 1.807) is 0 Å². The number of hydrogen-bond acceptors (Lipinski definition) is 2. The highest BCUT2D eigenvalue weighted by Gasteiger charge is 2.49. The van der Waals surface area contributed by atoms with Gasteiger partial charge in [-0.1, -0.05) is 36.4 Å². The van der Waals surface area contributed by atoms with Gasteiger partial charge in [-0.3, -0.25) is 4.79 Å². The summed E-state index contributed by atoms with van der Waals surface area (Å²) in [6.07, 6.45) is 0.626. The molecule has 1 aliphatic heterocycles. The van der Waals surface area contributed by atoms with Crippen LogP contribution in [0.3, 0.4) is 0 Å². The Morgan fingerprint density at radius 2 is 1.81 bits per heavy atom. The lowest BCUT2D eigenvalue weighted by Crippen LogP contribution is -2.31. The van der Waals surface area contributed by atoms with E-state index in [0.29, 0.717) is 31.6 Å². The molecule has 3 nitrogen and oxygen atoms in total. The Bertz CT molecular complexity index is 817. The van der Waals surface area contributed by atoms with Crippen LogP contribution < -0.4 is 5.73 Å². The summed E-state index contributed by atoms with van der Waals surface area (Å²) in [4.78, 5) is 14.8. The van der Waals surface area contributed by atoms with E-state index in [1.165, 1.54) is 17.7 Å². The number of likely N-dealkylation sites (tertiary alicyclic amines) is 1. The standard InChI is InChI=1S/C21H22F2N2O.ClH/c22-15-6-7-16(20(23)8-15)17-9-18(17)21(26)25-11-14(10-24)19(12-25)13-4-2-1-3-5-13;/h1-8,14,17-19H,9-12,24H2;1H/t14-,17?,18?,19+;/m1./s1. The molecular weight excluding hydrogens is 370 g/mol. The molecule has 2 aromatic rings. The SMILES string of the molecule is Cl.NC[C@@H]1CN(C(=O)C2CC2c2ccc(F)cc2F)C[C@H]1c1ccccc1. The van der Waals surface area contributed by atoms with Crippen molar-refractivity contribution in [2.45, 2.75) is 18.3 Å². The molecule has 2 unspecified atom stereocenters. The second-order valence-electron chi connectivity index (χ2n) is 7.37. The Hall–Kier alpha value is -1.98. The van der Waals surface area contributed by atoms with Gasteiger partial charge in [-0.15, -0.1) is 12.4 Å². The van der Waals surface area contributed by atoms with Crippen molar-refractivity contribution in [3.63, 3.8) is 0 Å². The molecule has 144 valence electrons. The summed E-state index contributed by atoms with van der Waals surface area (Å²) in [6, 6.07) is 13.7. The van der Waals surface area contributed by atoms with Gasteiger partial charge in [-0.05, 0) is 42.0 Å². The average Bonchev–Trinajstić information content (AvgIpc) is 3.31. The minimum atomic E-state index is -0.592. The number of amides is 1. The lowest BCUT2D eigenvalue weighted by Gasteiger charge is -2.17. The highest BCUT2D eigenvalue weighted by atomic mass is 35.5. The maximum Gasteiger partial charge on any atom is 0.226 e. The minimum absolute atomic E-state index is 0. The van der Waals surface area contributed by atoms with Crippen molar-refractivity contribution in [1.82, 2.24) is 4.90 Å². The number of carbonyl (C=O) groups excluding carboxylic acids is 1. The van der Waals surface area contributed by atoms with Crippen molar-refractivity contribution in [1.29, 1.82) is 0 Å². The smallest absolute Gasteiger partial charge is 0.226 e. The number of benzene rings is 2. The molecule has 0 radical (unpaired) electrons. The summed E-state index contributed by atoms with van der Waals surface area (Å²) in [5.41, 5.74) is 7.59. The number of nitrogens with two attached hydrogens (primary N) is 1. The predicted molar refractivity (Wildman–Crippen MR) is 103 cm³/mol. The largest absolute Gasteiger partial charge is 0.341 e. The number of halogens is 3. The van der Waals surface area contributed by atoms with E-state index in [9.17, 15) is 13.6 Å². The Morgan fingerprint density at radius 3 is 2.48 bits per heavy atom. The molecule has 1 amide bonds. The van der Waals surface area contributed by atoms with Crippen LogP contribution in [0.1, 0.15) is 29.4 Å². The van der Waals surface area contributed by atoms with Crippen molar-refractivity contribution >= 4 is 18.3 Å². The highest BCUT2D eigenvalue weighted by molar-refractivity contribution is 5.85. The van der Waals surface area contributed by atoms with Gasteiger partial charge in [0, 0.05) is 31.0 Å². The minimum Gasteiger partial charge on any atom is -0.341 e. The molecule has 1 heterocycles. The second-order valence-corrected chi connectivity index (χ2v) is 7.37. The van der Waals surface area contributed by atoms with Crippen LogP contribution in [0, 0.1) is 23.5 Å².